The van der Waals surface area contributed by atoms with Gasteiger partial charge in [0, 0.05) is 38.5 Å². The van der Waals surface area contributed by atoms with Crippen molar-refractivity contribution >= 4 is 17.5 Å². The van der Waals surface area contributed by atoms with Crippen LogP contribution in [0, 0.1) is 11.8 Å². The number of ether oxygens (including phenoxy) is 2. The van der Waals surface area contributed by atoms with E-state index in [1.165, 1.54) is 89.9 Å². The van der Waals surface area contributed by atoms with E-state index in [0.717, 1.165) is 110 Å². The number of ketones is 2. The van der Waals surface area contributed by atoms with Crippen molar-refractivity contribution < 1.29 is 23.9 Å². The number of Topliss-reactive ketones (excluding diaryl/α,β-unsaturated/α-hetero) is 1. The van der Waals surface area contributed by atoms with Crippen molar-refractivity contribution in [3.63, 3.8) is 0 Å². The summed E-state index contributed by atoms with van der Waals surface area (Å²) in [5.74, 6) is 1.65. The fourth-order valence-corrected chi connectivity index (χ4v) is 8.36. The van der Waals surface area contributed by atoms with Gasteiger partial charge in [-0.25, -0.2) is 0 Å². The Morgan fingerprint density at radius 2 is 1.39 bits per heavy atom. The summed E-state index contributed by atoms with van der Waals surface area (Å²) >= 11 is 0. The largest absolute Gasteiger partial charge is 0.462 e. The van der Waals surface area contributed by atoms with E-state index >= 15 is 0 Å². The number of nitrogens with zero attached hydrogens (tertiary/aromatic N) is 1. The lowest BCUT2D eigenvalue weighted by Crippen LogP contribution is -2.34. The van der Waals surface area contributed by atoms with E-state index in [1.807, 2.05) is 6.08 Å². The first kappa shape index (κ1) is 48.4. The van der Waals surface area contributed by atoms with Gasteiger partial charge in [-0.1, -0.05) is 116 Å². The van der Waals surface area contributed by atoms with Crippen LogP contribution in [0.5, 0.6) is 0 Å². The molecule has 6 nitrogen and oxygen atoms in total. The number of rotatable bonds is 34. The first-order chi connectivity index (χ1) is 26.4. The Morgan fingerprint density at radius 1 is 0.741 bits per heavy atom. The molecule has 1 aliphatic carbocycles. The Hall–Kier alpha value is -1.79. The van der Waals surface area contributed by atoms with Gasteiger partial charge in [0.15, 0.2) is 5.78 Å². The molecule has 0 aromatic rings. The lowest BCUT2D eigenvalue weighted by molar-refractivity contribution is -0.150. The zero-order valence-electron chi connectivity index (χ0n) is 35.6. The molecule has 0 spiro atoms. The van der Waals surface area contributed by atoms with E-state index in [2.05, 4.69) is 37.0 Å². The summed E-state index contributed by atoms with van der Waals surface area (Å²) in [6, 6.07) is 0.382. The molecule has 0 amide bonds. The van der Waals surface area contributed by atoms with Gasteiger partial charge in [-0.15, -0.1) is 0 Å². The number of carbonyl (C=O) groups is 3. The van der Waals surface area contributed by atoms with Crippen molar-refractivity contribution in [2.45, 2.75) is 226 Å². The van der Waals surface area contributed by atoms with Crippen molar-refractivity contribution in [3.8, 4) is 0 Å². The Morgan fingerprint density at radius 3 is 2.15 bits per heavy atom. The number of allylic oxidation sites excluding steroid dienone is 3. The Labute approximate surface area is 333 Å². The topological polar surface area (TPSA) is 72.9 Å². The van der Waals surface area contributed by atoms with Crippen molar-refractivity contribution in [1.82, 2.24) is 4.90 Å². The molecule has 54 heavy (non-hydrogen) atoms. The molecular formula is C48H85NO5. The molecule has 1 aliphatic heterocycles. The van der Waals surface area contributed by atoms with Crippen LogP contribution in [-0.2, 0) is 23.9 Å². The van der Waals surface area contributed by atoms with Crippen LogP contribution in [0.15, 0.2) is 24.3 Å². The van der Waals surface area contributed by atoms with Gasteiger partial charge in [0.05, 0.1) is 6.61 Å². The standard InChI is InChI=1S/C48H85NO5/c1-4-6-8-10-15-23-31-47(30-22-9-7-5-2)54-48(52)32-24-16-12-17-26-38-53-41-45-39-44(40-49(45)37-25-18-19-27-42(3)50)34-36-46(51)35-33-43-28-20-13-11-14-21-29-43/h11,13,34,36,43-45,47H,4-10,12,14-33,35,37-41H2,1-3H3/t43?,44-,45-,47?/m0/s1. The van der Waals surface area contributed by atoms with E-state index < -0.39 is 0 Å². The molecule has 0 aromatic heterocycles. The number of unbranched alkanes of at least 4 members (excludes halogenated alkanes) is 14. The molecule has 0 aromatic carbocycles. The van der Waals surface area contributed by atoms with Crippen molar-refractivity contribution in [2.24, 2.45) is 11.8 Å². The molecular weight excluding hydrogens is 671 g/mol. The maximum Gasteiger partial charge on any atom is 0.306 e. The van der Waals surface area contributed by atoms with Crippen LogP contribution >= 0.6 is 0 Å². The van der Waals surface area contributed by atoms with E-state index in [9.17, 15) is 14.4 Å². The molecule has 312 valence electrons. The van der Waals surface area contributed by atoms with Crippen LogP contribution in [-0.4, -0.2) is 60.9 Å². The summed E-state index contributed by atoms with van der Waals surface area (Å²) in [6.45, 7) is 9.72. The maximum absolute atomic E-state index is 12.8. The highest BCUT2D eigenvalue weighted by Crippen LogP contribution is 2.27. The minimum absolute atomic E-state index is 0.00492. The van der Waals surface area contributed by atoms with E-state index in [0.29, 0.717) is 37.1 Å². The van der Waals surface area contributed by atoms with Crippen molar-refractivity contribution in [2.75, 3.05) is 26.3 Å². The highest BCUT2D eigenvalue weighted by Gasteiger charge is 2.30. The molecule has 2 aliphatic rings. The molecule has 0 saturated carbocycles. The van der Waals surface area contributed by atoms with Crippen molar-refractivity contribution in [3.05, 3.63) is 24.3 Å². The molecule has 1 saturated heterocycles. The molecule has 1 heterocycles. The second kappa shape index (κ2) is 33.4. The molecule has 2 rings (SSSR count). The normalized spacial score (nSPS) is 19.9. The fourth-order valence-electron chi connectivity index (χ4n) is 8.36. The summed E-state index contributed by atoms with van der Waals surface area (Å²) < 4.78 is 12.2. The summed E-state index contributed by atoms with van der Waals surface area (Å²) in [5, 5.41) is 0. The fraction of sp³-hybridized carbons (Fsp3) is 0.854. The minimum atomic E-state index is 0.00492. The van der Waals surface area contributed by atoms with Gasteiger partial charge in [-0.3, -0.25) is 14.5 Å². The monoisotopic (exact) mass is 756 g/mol. The third-order valence-electron chi connectivity index (χ3n) is 11.8. The van der Waals surface area contributed by atoms with Crippen LogP contribution in [0.2, 0.25) is 0 Å². The molecule has 0 N–H and O–H groups in total. The number of hydrogen-bond acceptors (Lipinski definition) is 6. The lowest BCUT2D eigenvalue weighted by atomic mass is 9.89. The smallest absolute Gasteiger partial charge is 0.306 e. The minimum Gasteiger partial charge on any atom is -0.462 e. The quantitative estimate of drug-likeness (QED) is 0.0282. The van der Waals surface area contributed by atoms with Gasteiger partial charge >= 0.3 is 5.97 Å². The predicted octanol–water partition coefficient (Wildman–Crippen LogP) is 12.9. The summed E-state index contributed by atoms with van der Waals surface area (Å²) in [5.41, 5.74) is 0. The van der Waals surface area contributed by atoms with E-state index in [-0.39, 0.29) is 23.6 Å². The lowest BCUT2D eigenvalue weighted by Gasteiger charge is -2.24. The van der Waals surface area contributed by atoms with Gasteiger partial charge in [-0.05, 0) is 121 Å². The van der Waals surface area contributed by atoms with Crippen LogP contribution in [0.3, 0.4) is 0 Å². The first-order valence-corrected chi connectivity index (χ1v) is 23.3. The Bertz CT molecular complexity index is 1010. The molecule has 2 unspecified atom stereocenters. The van der Waals surface area contributed by atoms with Crippen molar-refractivity contribution in [1.29, 1.82) is 0 Å². The van der Waals surface area contributed by atoms with Gasteiger partial charge in [0.1, 0.15) is 11.9 Å². The number of hydrogen-bond donors (Lipinski definition) is 0. The second-order valence-electron chi connectivity index (χ2n) is 17.0. The van der Waals surface area contributed by atoms with Gasteiger partial charge in [0.2, 0.25) is 0 Å². The zero-order valence-corrected chi connectivity index (χ0v) is 35.6. The van der Waals surface area contributed by atoms with E-state index in [1.54, 1.807) is 6.92 Å². The molecule has 0 radical (unpaired) electrons. The van der Waals surface area contributed by atoms with Crippen LogP contribution in [0.1, 0.15) is 213 Å². The zero-order chi connectivity index (χ0) is 38.9. The van der Waals surface area contributed by atoms with Crippen LogP contribution < -0.4 is 0 Å². The van der Waals surface area contributed by atoms with Gasteiger partial charge in [-0.2, -0.15) is 0 Å². The molecule has 0 bridgehead atoms. The summed E-state index contributed by atoms with van der Waals surface area (Å²) in [4.78, 5) is 39.4. The highest BCUT2D eigenvalue weighted by molar-refractivity contribution is 5.89. The van der Waals surface area contributed by atoms with Crippen LogP contribution in [0.25, 0.3) is 0 Å². The van der Waals surface area contributed by atoms with E-state index in [4.69, 9.17) is 9.47 Å². The third-order valence-corrected chi connectivity index (χ3v) is 11.8. The van der Waals surface area contributed by atoms with Crippen LogP contribution in [0.4, 0.5) is 0 Å². The average molecular weight is 756 g/mol. The SMILES string of the molecule is CCCCCCCCC(CCCCCC)OC(=O)CCCCCCCOC[C@@H]1C[C@H](C=CC(=O)CCC2CCC=CCCC2)CN1CCCCCC(C)=O. The predicted molar refractivity (Wildman–Crippen MR) is 227 cm³/mol. The van der Waals surface area contributed by atoms with Gasteiger partial charge < -0.3 is 14.3 Å². The third kappa shape index (κ3) is 26.1. The highest BCUT2D eigenvalue weighted by atomic mass is 16.5. The Balaban J connectivity index is 1.65. The summed E-state index contributed by atoms with van der Waals surface area (Å²) in [7, 11) is 0. The second-order valence-corrected chi connectivity index (χ2v) is 17.0. The summed E-state index contributed by atoms with van der Waals surface area (Å²) in [6.07, 6.45) is 41.9. The number of likely N-dealkylation sites (tertiary alicyclic amines) is 1. The number of carbonyl (C=O) groups excluding carboxylic acids is 3. The Kier molecular flexibility index (Phi) is 29.9. The number of esters is 1. The average Bonchev–Trinajstić information content (AvgIpc) is 3.53. The maximum atomic E-state index is 12.8. The first-order valence-electron chi connectivity index (χ1n) is 23.3. The molecule has 1 fully saturated rings. The molecule has 4 atom stereocenters. The molecule has 6 heteroatoms. The van der Waals surface area contributed by atoms with Gasteiger partial charge in [0.25, 0.3) is 0 Å².